The normalized spacial score (nSPS) is 12.4. The Morgan fingerprint density at radius 2 is 2.16 bits per heavy atom. The summed E-state index contributed by atoms with van der Waals surface area (Å²) < 4.78 is 5.88. The first-order valence-corrected chi connectivity index (χ1v) is 6.78. The highest BCUT2D eigenvalue weighted by atomic mass is 127. The molecule has 0 saturated carbocycles. The molecule has 6 heteroatoms. The molecule has 0 heterocycles. The van der Waals surface area contributed by atoms with Crippen molar-refractivity contribution in [1.82, 2.24) is 0 Å². The predicted molar refractivity (Wildman–Crippen MR) is 80.4 cm³/mol. The van der Waals surface area contributed by atoms with Crippen molar-refractivity contribution < 1.29 is 14.6 Å². The molecule has 0 fully saturated rings. The summed E-state index contributed by atoms with van der Waals surface area (Å²) in [6, 6.07) is 5.64. The van der Waals surface area contributed by atoms with Gasteiger partial charge >= 0.3 is 5.97 Å². The lowest BCUT2D eigenvalue weighted by Crippen LogP contribution is -2.07. The van der Waals surface area contributed by atoms with Crippen LogP contribution in [0, 0.1) is 10.5 Å². The molecule has 102 valence electrons. The number of aryl methyl sites for hydroxylation is 1. The standard InChI is InChI=1S/C13H15IN2O3/c1-4-19-13(18)12(9(3)17)16-15-11-6-5-10(14)7-8(11)2/h5-7,17H,4H2,1-3H3/b12-9+,16-15?. The zero-order chi connectivity index (χ0) is 14.4. The Morgan fingerprint density at radius 1 is 1.47 bits per heavy atom. The third kappa shape index (κ3) is 4.62. The van der Waals surface area contributed by atoms with Gasteiger partial charge in [-0.3, -0.25) is 0 Å². The second-order valence-electron chi connectivity index (χ2n) is 3.79. The summed E-state index contributed by atoms with van der Waals surface area (Å²) in [4.78, 5) is 11.5. The summed E-state index contributed by atoms with van der Waals surface area (Å²) in [6.45, 7) is 5.17. The number of aliphatic hydroxyl groups is 1. The summed E-state index contributed by atoms with van der Waals surface area (Å²) in [5.41, 5.74) is 1.40. The lowest BCUT2D eigenvalue weighted by atomic mass is 10.2. The smallest absolute Gasteiger partial charge is 0.362 e. The minimum Gasteiger partial charge on any atom is -0.510 e. The fourth-order valence-corrected chi connectivity index (χ4v) is 1.94. The van der Waals surface area contributed by atoms with Crippen LogP contribution in [0.15, 0.2) is 39.9 Å². The fraction of sp³-hybridized carbons (Fsp3) is 0.308. The van der Waals surface area contributed by atoms with Crippen LogP contribution in [0.5, 0.6) is 0 Å². The van der Waals surface area contributed by atoms with Gasteiger partial charge in [-0.15, -0.1) is 10.2 Å². The first kappa shape index (κ1) is 15.6. The van der Waals surface area contributed by atoms with Crippen LogP contribution in [-0.4, -0.2) is 17.7 Å². The van der Waals surface area contributed by atoms with E-state index in [9.17, 15) is 9.90 Å². The maximum absolute atomic E-state index is 11.5. The number of nitrogens with zero attached hydrogens (tertiary/aromatic N) is 2. The first-order valence-electron chi connectivity index (χ1n) is 5.70. The number of aliphatic hydroxyl groups excluding tert-OH is 1. The summed E-state index contributed by atoms with van der Waals surface area (Å²) in [5, 5.41) is 17.2. The van der Waals surface area contributed by atoms with Gasteiger partial charge in [-0.05, 0) is 67.1 Å². The average Bonchev–Trinajstić information content (AvgIpc) is 2.31. The van der Waals surface area contributed by atoms with E-state index in [-0.39, 0.29) is 18.1 Å². The van der Waals surface area contributed by atoms with E-state index in [0.717, 1.165) is 9.13 Å². The van der Waals surface area contributed by atoms with Gasteiger partial charge in [0, 0.05) is 3.57 Å². The van der Waals surface area contributed by atoms with Crippen LogP contribution in [0.3, 0.4) is 0 Å². The van der Waals surface area contributed by atoms with Crippen molar-refractivity contribution in [2.24, 2.45) is 10.2 Å². The second kappa shape index (κ2) is 7.22. The highest BCUT2D eigenvalue weighted by Gasteiger charge is 2.13. The molecule has 0 amide bonds. The van der Waals surface area contributed by atoms with Crippen LogP contribution >= 0.6 is 22.6 Å². The van der Waals surface area contributed by atoms with Crippen molar-refractivity contribution in [2.75, 3.05) is 6.61 Å². The molecule has 0 atom stereocenters. The van der Waals surface area contributed by atoms with Crippen molar-refractivity contribution in [3.63, 3.8) is 0 Å². The molecule has 0 aromatic heterocycles. The summed E-state index contributed by atoms with van der Waals surface area (Å²) in [6.07, 6.45) is 0. The molecule has 1 aromatic carbocycles. The topological polar surface area (TPSA) is 71.2 Å². The maximum atomic E-state index is 11.5. The number of carbonyl (C=O) groups excluding carboxylic acids is 1. The Kier molecular flexibility index (Phi) is 5.94. The van der Waals surface area contributed by atoms with E-state index in [1.54, 1.807) is 13.0 Å². The maximum Gasteiger partial charge on any atom is 0.362 e. The van der Waals surface area contributed by atoms with Crippen LogP contribution in [0.2, 0.25) is 0 Å². The number of halogens is 1. The number of azo groups is 1. The Hall–Kier alpha value is -1.44. The number of esters is 1. The molecule has 0 unspecified atom stereocenters. The molecule has 19 heavy (non-hydrogen) atoms. The van der Waals surface area contributed by atoms with Gasteiger partial charge in [-0.1, -0.05) is 0 Å². The molecule has 0 bridgehead atoms. The zero-order valence-electron chi connectivity index (χ0n) is 11.0. The van der Waals surface area contributed by atoms with Crippen LogP contribution in [0.4, 0.5) is 5.69 Å². The van der Waals surface area contributed by atoms with Crippen molar-refractivity contribution in [3.05, 3.63) is 38.8 Å². The number of allylic oxidation sites excluding steroid dienone is 1. The molecule has 1 aromatic rings. The molecule has 0 saturated heterocycles. The van der Waals surface area contributed by atoms with Gasteiger partial charge in [0.1, 0.15) is 5.76 Å². The predicted octanol–water partition coefficient (Wildman–Crippen LogP) is 4.04. The monoisotopic (exact) mass is 374 g/mol. The van der Waals surface area contributed by atoms with Gasteiger partial charge in [-0.2, -0.15) is 0 Å². The number of carbonyl (C=O) groups is 1. The van der Waals surface area contributed by atoms with Gasteiger partial charge in [0.15, 0.2) is 0 Å². The van der Waals surface area contributed by atoms with Crippen molar-refractivity contribution in [1.29, 1.82) is 0 Å². The molecule has 0 spiro atoms. The molecule has 0 radical (unpaired) electrons. The SMILES string of the molecule is CCOC(=O)/C(N=Nc1ccc(I)cc1C)=C(/C)O. The molecule has 0 aliphatic rings. The molecule has 5 nitrogen and oxygen atoms in total. The van der Waals surface area contributed by atoms with Crippen molar-refractivity contribution in [3.8, 4) is 0 Å². The third-order valence-electron chi connectivity index (χ3n) is 2.23. The van der Waals surface area contributed by atoms with E-state index in [1.807, 2.05) is 19.1 Å². The van der Waals surface area contributed by atoms with E-state index >= 15 is 0 Å². The van der Waals surface area contributed by atoms with E-state index in [4.69, 9.17) is 4.74 Å². The number of benzene rings is 1. The van der Waals surface area contributed by atoms with Gasteiger partial charge < -0.3 is 9.84 Å². The molecule has 1 rings (SSSR count). The molecule has 1 N–H and O–H groups in total. The van der Waals surface area contributed by atoms with Crippen LogP contribution in [-0.2, 0) is 9.53 Å². The first-order chi connectivity index (χ1) is 8.95. The van der Waals surface area contributed by atoms with E-state index < -0.39 is 5.97 Å². The van der Waals surface area contributed by atoms with E-state index in [0.29, 0.717) is 5.69 Å². The largest absolute Gasteiger partial charge is 0.510 e. The van der Waals surface area contributed by atoms with Gasteiger partial charge in [-0.25, -0.2) is 4.79 Å². The number of hydrogen-bond acceptors (Lipinski definition) is 5. The zero-order valence-corrected chi connectivity index (χ0v) is 13.1. The summed E-state index contributed by atoms with van der Waals surface area (Å²) in [5.74, 6) is -0.903. The number of hydrogen-bond donors (Lipinski definition) is 1. The summed E-state index contributed by atoms with van der Waals surface area (Å²) >= 11 is 2.20. The lowest BCUT2D eigenvalue weighted by Gasteiger charge is -2.03. The molecular weight excluding hydrogens is 359 g/mol. The van der Waals surface area contributed by atoms with Gasteiger partial charge in [0.05, 0.1) is 12.3 Å². The third-order valence-corrected chi connectivity index (χ3v) is 2.90. The van der Waals surface area contributed by atoms with E-state index in [1.165, 1.54) is 6.92 Å². The average molecular weight is 374 g/mol. The van der Waals surface area contributed by atoms with Gasteiger partial charge in [0.2, 0.25) is 5.70 Å². The van der Waals surface area contributed by atoms with Crippen LogP contribution in [0.25, 0.3) is 0 Å². The van der Waals surface area contributed by atoms with Crippen molar-refractivity contribution >= 4 is 34.2 Å². The molecular formula is C13H15IN2O3. The Balaban J connectivity index is 3.00. The highest BCUT2D eigenvalue weighted by molar-refractivity contribution is 14.1. The molecule has 0 aliphatic carbocycles. The Bertz CT molecular complexity index is 535. The Morgan fingerprint density at radius 3 is 2.68 bits per heavy atom. The van der Waals surface area contributed by atoms with Crippen LogP contribution < -0.4 is 0 Å². The number of rotatable bonds is 4. The quantitative estimate of drug-likeness (QED) is 0.284. The van der Waals surface area contributed by atoms with Crippen molar-refractivity contribution in [2.45, 2.75) is 20.8 Å². The fourth-order valence-electron chi connectivity index (χ4n) is 1.30. The van der Waals surface area contributed by atoms with E-state index in [2.05, 4.69) is 32.8 Å². The minimum absolute atomic E-state index is 0.181. The minimum atomic E-state index is -0.686. The number of ether oxygens (including phenoxy) is 1. The summed E-state index contributed by atoms with van der Waals surface area (Å²) in [7, 11) is 0. The van der Waals surface area contributed by atoms with Crippen LogP contribution in [0.1, 0.15) is 19.4 Å². The van der Waals surface area contributed by atoms with Gasteiger partial charge in [0.25, 0.3) is 0 Å². The molecule has 0 aliphatic heterocycles. The lowest BCUT2D eigenvalue weighted by molar-refractivity contribution is -0.138. The highest BCUT2D eigenvalue weighted by Crippen LogP contribution is 2.22. The second-order valence-corrected chi connectivity index (χ2v) is 5.03. The Labute approximate surface area is 125 Å².